The first kappa shape index (κ1) is 13.5. The standard InChI is InChI=1S/C12H23NO3/c1-3-7-13-11(12(14)15-2)9-16-8-6-10-4-5-10/h10-11,13H,3-9H2,1-2H3. The van der Waals surface area contributed by atoms with Gasteiger partial charge >= 0.3 is 5.97 Å². The number of esters is 1. The Hall–Kier alpha value is -0.610. The summed E-state index contributed by atoms with van der Waals surface area (Å²) in [6, 6.07) is -0.316. The summed E-state index contributed by atoms with van der Waals surface area (Å²) in [4.78, 5) is 11.4. The Labute approximate surface area is 97.7 Å². The predicted octanol–water partition coefficient (Wildman–Crippen LogP) is 1.34. The molecule has 0 amide bonds. The summed E-state index contributed by atoms with van der Waals surface area (Å²) in [5, 5.41) is 3.12. The van der Waals surface area contributed by atoms with E-state index in [0.717, 1.165) is 31.9 Å². The van der Waals surface area contributed by atoms with E-state index < -0.39 is 0 Å². The molecule has 1 saturated carbocycles. The summed E-state index contributed by atoms with van der Waals surface area (Å²) in [5.41, 5.74) is 0. The van der Waals surface area contributed by atoms with E-state index in [-0.39, 0.29) is 12.0 Å². The van der Waals surface area contributed by atoms with Crippen LogP contribution in [-0.2, 0) is 14.3 Å². The molecule has 94 valence electrons. The van der Waals surface area contributed by atoms with Crippen LogP contribution in [0.25, 0.3) is 0 Å². The highest BCUT2D eigenvalue weighted by Crippen LogP contribution is 2.32. The van der Waals surface area contributed by atoms with E-state index in [2.05, 4.69) is 12.2 Å². The molecule has 0 bridgehead atoms. The van der Waals surface area contributed by atoms with Crippen LogP contribution in [0, 0.1) is 5.92 Å². The van der Waals surface area contributed by atoms with Crippen molar-refractivity contribution in [3.05, 3.63) is 0 Å². The molecular formula is C12H23NO3. The predicted molar refractivity (Wildman–Crippen MR) is 62.3 cm³/mol. The first-order valence-electron chi connectivity index (χ1n) is 6.16. The molecule has 0 radical (unpaired) electrons. The van der Waals surface area contributed by atoms with Crippen molar-refractivity contribution in [1.82, 2.24) is 5.32 Å². The largest absolute Gasteiger partial charge is 0.468 e. The first-order chi connectivity index (χ1) is 7.77. The molecule has 0 aromatic heterocycles. The SMILES string of the molecule is CCCNC(COCCC1CC1)C(=O)OC. The van der Waals surface area contributed by atoms with Crippen LogP contribution < -0.4 is 5.32 Å². The third kappa shape index (κ3) is 5.47. The molecule has 16 heavy (non-hydrogen) atoms. The van der Waals surface area contributed by atoms with E-state index in [1.807, 2.05) is 0 Å². The molecule has 4 heteroatoms. The highest BCUT2D eigenvalue weighted by atomic mass is 16.5. The van der Waals surface area contributed by atoms with Gasteiger partial charge in [-0.1, -0.05) is 19.8 Å². The average molecular weight is 229 g/mol. The van der Waals surface area contributed by atoms with Crippen LogP contribution in [0.2, 0.25) is 0 Å². The van der Waals surface area contributed by atoms with E-state index in [1.165, 1.54) is 20.0 Å². The fraction of sp³-hybridized carbons (Fsp3) is 0.917. The molecule has 1 rings (SSSR count). The Morgan fingerprint density at radius 1 is 1.50 bits per heavy atom. The minimum Gasteiger partial charge on any atom is -0.468 e. The van der Waals surface area contributed by atoms with Crippen molar-refractivity contribution < 1.29 is 14.3 Å². The van der Waals surface area contributed by atoms with Crippen LogP contribution in [0.3, 0.4) is 0 Å². The molecule has 4 nitrogen and oxygen atoms in total. The maximum Gasteiger partial charge on any atom is 0.325 e. The van der Waals surface area contributed by atoms with Crippen molar-refractivity contribution in [3.8, 4) is 0 Å². The summed E-state index contributed by atoms with van der Waals surface area (Å²) in [5.74, 6) is 0.639. The average Bonchev–Trinajstić information content (AvgIpc) is 3.11. The summed E-state index contributed by atoms with van der Waals surface area (Å²) >= 11 is 0. The monoisotopic (exact) mass is 229 g/mol. The summed E-state index contributed by atoms with van der Waals surface area (Å²) in [6.07, 6.45) is 4.81. The minimum atomic E-state index is -0.316. The van der Waals surface area contributed by atoms with Crippen molar-refractivity contribution in [2.45, 2.75) is 38.6 Å². The van der Waals surface area contributed by atoms with Gasteiger partial charge in [0.1, 0.15) is 6.04 Å². The lowest BCUT2D eigenvalue weighted by atomic mass is 10.3. The van der Waals surface area contributed by atoms with Gasteiger partial charge in [0.25, 0.3) is 0 Å². The molecule has 1 N–H and O–H groups in total. The van der Waals surface area contributed by atoms with Crippen molar-refractivity contribution in [1.29, 1.82) is 0 Å². The molecule has 1 aliphatic carbocycles. The van der Waals surface area contributed by atoms with Crippen molar-refractivity contribution in [2.24, 2.45) is 5.92 Å². The number of rotatable bonds is 9. The highest BCUT2D eigenvalue weighted by Gasteiger charge is 2.22. The van der Waals surface area contributed by atoms with Gasteiger partial charge in [0.2, 0.25) is 0 Å². The zero-order valence-corrected chi connectivity index (χ0v) is 10.3. The molecule has 1 atom stereocenters. The van der Waals surface area contributed by atoms with Crippen molar-refractivity contribution in [3.63, 3.8) is 0 Å². The maximum absolute atomic E-state index is 11.4. The van der Waals surface area contributed by atoms with Crippen molar-refractivity contribution >= 4 is 5.97 Å². The first-order valence-corrected chi connectivity index (χ1v) is 6.16. The normalized spacial score (nSPS) is 17.1. The van der Waals surface area contributed by atoms with Crippen molar-refractivity contribution in [2.75, 3.05) is 26.9 Å². The Bertz CT molecular complexity index is 204. The molecule has 1 unspecified atom stereocenters. The third-order valence-corrected chi connectivity index (χ3v) is 2.78. The number of methoxy groups -OCH3 is 1. The van der Waals surface area contributed by atoms with Crippen LogP contribution in [-0.4, -0.2) is 38.9 Å². The second-order valence-corrected chi connectivity index (χ2v) is 4.34. The zero-order chi connectivity index (χ0) is 11.8. The Balaban J connectivity index is 2.11. The quantitative estimate of drug-likeness (QED) is 0.479. The van der Waals surface area contributed by atoms with Gasteiger partial charge in [-0.2, -0.15) is 0 Å². The lowest BCUT2D eigenvalue weighted by molar-refractivity contribution is -0.144. The van der Waals surface area contributed by atoms with Crippen LogP contribution in [0.5, 0.6) is 0 Å². The van der Waals surface area contributed by atoms with Gasteiger partial charge in [0.05, 0.1) is 13.7 Å². The van der Waals surface area contributed by atoms with Gasteiger partial charge in [-0.05, 0) is 25.3 Å². The molecule has 0 aromatic carbocycles. The summed E-state index contributed by atoms with van der Waals surface area (Å²) in [6.45, 7) is 4.05. The zero-order valence-electron chi connectivity index (χ0n) is 10.3. The van der Waals surface area contributed by atoms with Crippen LogP contribution in [0.1, 0.15) is 32.6 Å². The van der Waals surface area contributed by atoms with Gasteiger partial charge in [-0.3, -0.25) is 4.79 Å². The molecule has 0 aliphatic heterocycles. The fourth-order valence-corrected chi connectivity index (χ4v) is 1.53. The van der Waals surface area contributed by atoms with E-state index in [9.17, 15) is 4.79 Å². The number of carbonyl (C=O) groups is 1. The Morgan fingerprint density at radius 2 is 2.25 bits per heavy atom. The Kier molecular flexibility index (Phi) is 6.42. The Morgan fingerprint density at radius 3 is 2.81 bits per heavy atom. The van der Waals surface area contributed by atoms with Gasteiger partial charge in [0, 0.05) is 6.61 Å². The molecule has 0 heterocycles. The van der Waals surface area contributed by atoms with Crippen LogP contribution in [0.4, 0.5) is 0 Å². The number of carbonyl (C=O) groups excluding carboxylic acids is 1. The number of hydrogen-bond acceptors (Lipinski definition) is 4. The lowest BCUT2D eigenvalue weighted by Gasteiger charge is -2.16. The lowest BCUT2D eigenvalue weighted by Crippen LogP contribution is -2.41. The number of nitrogens with one attached hydrogen (secondary N) is 1. The van der Waals surface area contributed by atoms with E-state index >= 15 is 0 Å². The van der Waals surface area contributed by atoms with Crippen LogP contribution in [0.15, 0.2) is 0 Å². The molecule has 0 aromatic rings. The number of ether oxygens (including phenoxy) is 2. The second-order valence-electron chi connectivity index (χ2n) is 4.34. The smallest absolute Gasteiger partial charge is 0.325 e. The van der Waals surface area contributed by atoms with E-state index in [0.29, 0.717) is 6.61 Å². The maximum atomic E-state index is 11.4. The summed E-state index contributed by atoms with van der Waals surface area (Å²) in [7, 11) is 1.41. The van der Waals surface area contributed by atoms with E-state index in [1.54, 1.807) is 0 Å². The molecule has 1 fully saturated rings. The van der Waals surface area contributed by atoms with Gasteiger partial charge in [-0.15, -0.1) is 0 Å². The van der Waals surface area contributed by atoms with E-state index in [4.69, 9.17) is 9.47 Å². The number of hydrogen-bond donors (Lipinski definition) is 1. The molecular weight excluding hydrogens is 206 g/mol. The van der Waals surface area contributed by atoms with Gasteiger partial charge in [-0.25, -0.2) is 0 Å². The molecule has 0 spiro atoms. The van der Waals surface area contributed by atoms with Gasteiger partial charge < -0.3 is 14.8 Å². The summed E-state index contributed by atoms with van der Waals surface area (Å²) < 4.78 is 10.2. The topological polar surface area (TPSA) is 47.6 Å². The highest BCUT2D eigenvalue weighted by molar-refractivity contribution is 5.75. The van der Waals surface area contributed by atoms with Crippen LogP contribution >= 0.6 is 0 Å². The molecule has 1 aliphatic rings. The van der Waals surface area contributed by atoms with Gasteiger partial charge in [0.15, 0.2) is 0 Å². The molecule has 0 saturated heterocycles. The second kappa shape index (κ2) is 7.63. The third-order valence-electron chi connectivity index (χ3n) is 2.78. The fourth-order valence-electron chi connectivity index (χ4n) is 1.53. The minimum absolute atomic E-state index is 0.236.